The molecule has 0 fully saturated rings. The Labute approximate surface area is 129 Å². The zero-order chi connectivity index (χ0) is 15.2. The fourth-order valence-electron chi connectivity index (χ4n) is 2.26. The van der Waals surface area contributed by atoms with Gasteiger partial charge in [-0.05, 0) is 29.8 Å². The number of nitriles is 1. The van der Waals surface area contributed by atoms with Gasteiger partial charge in [0.05, 0.1) is 11.6 Å². The number of para-hydroxylation sites is 2. The average molecular weight is 285 g/mol. The summed E-state index contributed by atoms with van der Waals surface area (Å²) in [7, 11) is 0. The molecular formula is C19H15N3. The van der Waals surface area contributed by atoms with E-state index in [4.69, 9.17) is 0 Å². The molecule has 3 rings (SSSR count). The van der Waals surface area contributed by atoms with Crippen LogP contribution in [-0.4, -0.2) is 4.98 Å². The highest BCUT2D eigenvalue weighted by Crippen LogP contribution is 2.15. The number of benzene rings is 2. The quantitative estimate of drug-likeness (QED) is 0.727. The Morgan fingerprint density at radius 2 is 1.86 bits per heavy atom. The monoisotopic (exact) mass is 285 g/mol. The van der Waals surface area contributed by atoms with Crippen molar-refractivity contribution >= 4 is 16.6 Å². The summed E-state index contributed by atoms with van der Waals surface area (Å²) in [5.41, 5.74) is 3.63. The third-order valence-electron chi connectivity index (χ3n) is 3.37. The Kier molecular flexibility index (Phi) is 4.12. The number of nitrogens with zero attached hydrogens (tertiary/aromatic N) is 2. The van der Waals surface area contributed by atoms with Crippen LogP contribution in [0, 0.1) is 11.3 Å². The molecule has 22 heavy (non-hydrogen) atoms. The zero-order valence-electron chi connectivity index (χ0n) is 12.0. The standard InChI is InChI=1S/C19H15N3/c20-12-16(14-21-18-7-2-1-3-8-18)10-15-11-17-6-4-5-9-19(17)22-13-15/h1-9,11,13-14,21H,10H2/b16-14-. The Hall–Kier alpha value is -3.12. The molecule has 2 aromatic carbocycles. The second-order valence-corrected chi connectivity index (χ2v) is 5.00. The minimum atomic E-state index is 0.564. The molecule has 3 aromatic rings. The predicted molar refractivity (Wildman–Crippen MR) is 89.2 cm³/mol. The summed E-state index contributed by atoms with van der Waals surface area (Å²) < 4.78 is 0. The molecule has 3 nitrogen and oxygen atoms in total. The smallest absolute Gasteiger partial charge is 0.0965 e. The second kappa shape index (κ2) is 6.55. The highest BCUT2D eigenvalue weighted by atomic mass is 14.8. The summed E-state index contributed by atoms with van der Waals surface area (Å²) in [5.74, 6) is 0. The maximum Gasteiger partial charge on any atom is 0.0965 e. The number of anilines is 1. The van der Waals surface area contributed by atoms with Crippen LogP contribution in [0.1, 0.15) is 5.56 Å². The summed E-state index contributed by atoms with van der Waals surface area (Å²) in [6.45, 7) is 0. The molecular weight excluding hydrogens is 270 g/mol. The van der Waals surface area contributed by atoms with Crippen LogP contribution in [0.2, 0.25) is 0 Å². The van der Waals surface area contributed by atoms with Crippen LogP contribution in [0.25, 0.3) is 10.9 Å². The molecule has 0 aliphatic heterocycles. The van der Waals surface area contributed by atoms with Crippen molar-refractivity contribution in [3.8, 4) is 6.07 Å². The van der Waals surface area contributed by atoms with E-state index in [2.05, 4.69) is 22.4 Å². The largest absolute Gasteiger partial charge is 0.361 e. The Morgan fingerprint density at radius 3 is 2.68 bits per heavy atom. The molecule has 1 heterocycles. The number of pyridine rings is 1. The number of allylic oxidation sites excluding steroid dienone is 1. The number of hydrogen-bond donors (Lipinski definition) is 1. The van der Waals surface area contributed by atoms with Gasteiger partial charge in [0.2, 0.25) is 0 Å². The first-order valence-electron chi connectivity index (χ1n) is 7.09. The van der Waals surface area contributed by atoms with E-state index >= 15 is 0 Å². The number of aromatic nitrogens is 1. The summed E-state index contributed by atoms with van der Waals surface area (Å²) >= 11 is 0. The molecule has 0 spiro atoms. The van der Waals surface area contributed by atoms with E-state index in [1.807, 2.05) is 60.8 Å². The fourth-order valence-corrected chi connectivity index (χ4v) is 2.26. The minimum Gasteiger partial charge on any atom is -0.361 e. The normalized spacial score (nSPS) is 11.1. The van der Waals surface area contributed by atoms with Gasteiger partial charge in [0.25, 0.3) is 0 Å². The summed E-state index contributed by atoms with van der Waals surface area (Å²) in [6, 6.07) is 22.1. The lowest BCUT2D eigenvalue weighted by Gasteiger charge is -2.04. The van der Waals surface area contributed by atoms with E-state index in [9.17, 15) is 5.26 Å². The van der Waals surface area contributed by atoms with Crippen LogP contribution in [0.5, 0.6) is 0 Å². The third-order valence-corrected chi connectivity index (χ3v) is 3.37. The van der Waals surface area contributed by atoms with Crippen LogP contribution < -0.4 is 5.32 Å². The van der Waals surface area contributed by atoms with Gasteiger partial charge in [0.1, 0.15) is 0 Å². The number of fused-ring (bicyclic) bond motifs is 1. The lowest BCUT2D eigenvalue weighted by molar-refractivity contribution is 1.16. The molecule has 0 unspecified atom stereocenters. The SMILES string of the molecule is N#C/C(=C\Nc1ccccc1)Cc1cnc2ccccc2c1. The molecule has 0 saturated carbocycles. The van der Waals surface area contributed by atoms with E-state index in [0.717, 1.165) is 22.2 Å². The van der Waals surface area contributed by atoms with Crippen molar-refractivity contribution in [2.24, 2.45) is 0 Å². The summed E-state index contributed by atoms with van der Waals surface area (Å²) in [4.78, 5) is 4.43. The summed E-state index contributed by atoms with van der Waals surface area (Å²) in [6.07, 6.45) is 4.15. The lowest BCUT2D eigenvalue weighted by atomic mass is 10.1. The van der Waals surface area contributed by atoms with Gasteiger partial charge in [-0.1, -0.05) is 36.4 Å². The van der Waals surface area contributed by atoms with E-state index < -0.39 is 0 Å². The highest BCUT2D eigenvalue weighted by molar-refractivity contribution is 5.78. The molecule has 106 valence electrons. The molecule has 0 amide bonds. The van der Waals surface area contributed by atoms with E-state index in [1.165, 1.54) is 0 Å². The molecule has 0 atom stereocenters. The van der Waals surface area contributed by atoms with Gasteiger partial charge >= 0.3 is 0 Å². The van der Waals surface area contributed by atoms with Crippen LogP contribution >= 0.6 is 0 Å². The molecule has 0 aliphatic carbocycles. The first kappa shape index (κ1) is 13.8. The van der Waals surface area contributed by atoms with Crippen molar-refractivity contribution in [1.29, 1.82) is 5.26 Å². The maximum atomic E-state index is 9.30. The second-order valence-electron chi connectivity index (χ2n) is 5.00. The zero-order valence-corrected chi connectivity index (χ0v) is 12.0. The van der Waals surface area contributed by atoms with Gasteiger partial charge in [-0.25, -0.2) is 0 Å². The summed E-state index contributed by atoms with van der Waals surface area (Å²) in [5, 5.41) is 13.5. The van der Waals surface area contributed by atoms with Gasteiger partial charge in [-0.3, -0.25) is 4.98 Å². The molecule has 0 aliphatic rings. The molecule has 0 bridgehead atoms. The number of rotatable bonds is 4. The van der Waals surface area contributed by atoms with Crippen molar-refractivity contribution in [3.05, 3.63) is 84.2 Å². The number of nitrogens with one attached hydrogen (secondary N) is 1. The first-order valence-corrected chi connectivity index (χ1v) is 7.09. The Balaban J connectivity index is 1.78. The average Bonchev–Trinajstić information content (AvgIpc) is 2.59. The van der Waals surface area contributed by atoms with Crippen molar-refractivity contribution in [3.63, 3.8) is 0 Å². The highest BCUT2D eigenvalue weighted by Gasteiger charge is 2.02. The van der Waals surface area contributed by atoms with Crippen molar-refractivity contribution in [2.45, 2.75) is 6.42 Å². The molecule has 0 radical (unpaired) electrons. The minimum absolute atomic E-state index is 0.564. The maximum absolute atomic E-state index is 9.30. The fraction of sp³-hybridized carbons (Fsp3) is 0.0526. The third kappa shape index (κ3) is 3.31. The van der Waals surface area contributed by atoms with Crippen molar-refractivity contribution < 1.29 is 0 Å². The van der Waals surface area contributed by atoms with Gasteiger partial charge in [-0.2, -0.15) is 5.26 Å². The van der Waals surface area contributed by atoms with Gasteiger partial charge in [-0.15, -0.1) is 0 Å². The molecule has 1 N–H and O–H groups in total. The van der Waals surface area contributed by atoms with E-state index in [-0.39, 0.29) is 0 Å². The molecule has 0 saturated heterocycles. The van der Waals surface area contributed by atoms with Crippen molar-refractivity contribution in [2.75, 3.05) is 5.32 Å². The predicted octanol–water partition coefficient (Wildman–Crippen LogP) is 4.30. The van der Waals surface area contributed by atoms with Gasteiger partial charge in [0, 0.05) is 35.5 Å². The van der Waals surface area contributed by atoms with Crippen molar-refractivity contribution in [1.82, 2.24) is 4.98 Å². The van der Waals surface area contributed by atoms with Crippen LogP contribution in [-0.2, 0) is 6.42 Å². The molecule has 1 aromatic heterocycles. The Bertz CT molecular complexity index is 845. The lowest BCUT2D eigenvalue weighted by Crippen LogP contribution is -1.95. The van der Waals surface area contributed by atoms with Crippen LogP contribution in [0.15, 0.2) is 78.6 Å². The van der Waals surface area contributed by atoms with E-state index in [0.29, 0.717) is 12.0 Å². The van der Waals surface area contributed by atoms with Gasteiger partial charge in [0.15, 0.2) is 0 Å². The molecule has 3 heteroatoms. The van der Waals surface area contributed by atoms with Crippen LogP contribution in [0.3, 0.4) is 0 Å². The van der Waals surface area contributed by atoms with Gasteiger partial charge < -0.3 is 5.32 Å². The first-order chi connectivity index (χ1) is 10.8. The number of hydrogen-bond acceptors (Lipinski definition) is 3. The topological polar surface area (TPSA) is 48.7 Å². The van der Waals surface area contributed by atoms with Crippen LogP contribution in [0.4, 0.5) is 5.69 Å². The Morgan fingerprint density at radius 1 is 1.09 bits per heavy atom. The van der Waals surface area contributed by atoms with E-state index in [1.54, 1.807) is 6.20 Å².